The number of hydrogen-bond donors (Lipinski definition) is 2. The number of H-pyrrole nitrogens is 1. The summed E-state index contributed by atoms with van der Waals surface area (Å²) >= 11 is 0. The first-order chi connectivity index (χ1) is 15.2. The molecule has 0 fully saturated rings. The maximum Gasteiger partial charge on any atom is 0.261 e. The molecule has 0 unspecified atom stereocenters. The first kappa shape index (κ1) is 21.2. The van der Waals surface area contributed by atoms with Crippen molar-refractivity contribution in [3.63, 3.8) is 0 Å². The lowest BCUT2D eigenvalue weighted by Gasteiger charge is -2.20. The van der Waals surface area contributed by atoms with Crippen molar-refractivity contribution in [2.24, 2.45) is 7.05 Å². The Labute approximate surface area is 185 Å². The molecule has 4 aromatic heterocycles. The summed E-state index contributed by atoms with van der Waals surface area (Å²) in [5.41, 5.74) is 2.76. The molecule has 4 heterocycles. The van der Waals surface area contributed by atoms with Crippen LogP contribution >= 0.6 is 0 Å². The Hall–Kier alpha value is -4.01. The zero-order chi connectivity index (χ0) is 22.9. The fourth-order valence-corrected chi connectivity index (χ4v) is 3.12. The minimum atomic E-state index is -0.262. The Balaban J connectivity index is 1.56. The van der Waals surface area contributed by atoms with E-state index in [1.54, 1.807) is 35.3 Å². The van der Waals surface area contributed by atoms with Gasteiger partial charge in [-0.15, -0.1) is 0 Å². The number of aromatic amines is 1. The lowest BCUT2D eigenvalue weighted by Crippen LogP contribution is -2.29. The molecule has 0 saturated heterocycles. The van der Waals surface area contributed by atoms with Crippen LogP contribution in [0.1, 0.15) is 26.5 Å². The van der Waals surface area contributed by atoms with Gasteiger partial charge in [-0.2, -0.15) is 5.10 Å². The molecule has 4 rings (SSSR count). The molecule has 0 radical (unpaired) electrons. The van der Waals surface area contributed by atoms with Gasteiger partial charge in [0.05, 0.1) is 28.8 Å². The van der Waals surface area contributed by atoms with E-state index in [0.29, 0.717) is 34.4 Å². The molecule has 2 N–H and O–H groups in total. The second kappa shape index (κ2) is 8.26. The number of pyridine rings is 2. The smallest absolute Gasteiger partial charge is 0.261 e. The van der Waals surface area contributed by atoms with E-state index in [1.165, 1.54) is 6.20 Å². The van der Waals surface area contributed by atoms with E-state index in [-0.39, 0.29) is 11.1 Å². The molecule has 4 aromatic rings. The summed E-state index contributed by atoms with van der Waals surface area (Å²) in [5.74, 6) is 1.64. The number of hydrogen-bond acceptors (Lipinski definition) is 7. The quantitative estimate of drug-likeness (QED) is 0.492. The summed E-state index contributed by atoms with van der Waals surface area (Å²) in [4.78, 5) is 28.6. The van der Waals surface area contributed by atoms with Crippen molar-refractivity contribution in [3.05, 3.63) is 65.1 Å². The van der Waals surface area contributed by atoms with Gasteiger partial charge in [-0.05, 0) is 45.9 Å². The SMILES string of the molecule is Cc1nc(-c2cnc(NC(C)(C)C)[nH]c2=O)ccc1Oc1ccnc(-c2cnn(C)c2)c1. The lowest BCUT2D eigenvalue weighted by atomic mass is 10.1. The molecule has 0 aromatic carbocycles. The van der Waals surface area contributed by atoms with E-state index in [1.807, 2.05) is 47.0 Å². The second-order valence-electron chi connectivity index (χ2n) is 8.51. The van der Waals surface area contributed by atoms with E-state index >= 15 is 0 Å². The van der Waals surface area contributed by atoms with Gasteiger partial charge in [0, 0.05) is 42.8 Å². The number of rotatable bonds is 5. The summed E-state index contributed by atoms with van der Waals surface area (Å²) in [6.45, 7) is 7.81. The second-order valence-corrected chi connectivity index (χ2v) is 8.51. The number of anilines is 1. The van der Waals surface area contributed by atoms with Gasteiger partial charge in [-0.25, -0.2) is 9.97 Å². The van der Waals surface area contributed by atoms with E-state index in [4.69, 9.17) is 4.74 Å². The number of aromatic nitrogens is 6. The summed E-state index contributed by atoms with van der Waals surface area (Å²) in [5, 5.41) is 7.33. The monoisotopic (exact) mass is 431 g/mol. The number of ether oxygens (including phenoxy) is 1. The van der Waals surface area contributed by atoms with Crippen LogP contribution in [0.15, 0.2) is 53.8 Å². The van der Waals surface area contributed by atoms with Crippen LogP contribution < -0.4 is 15.6 Å². The molecule has 0 atom stereocenters. The highest BCUT2D eigenvalue weighted by Crippen LogP contribution is 2.28. The molecule has 32 heavy (non-hydrogen) atoms. The van der Waals surface area contributed by atoms with Crippen LogP contribution in [0.25, 0.3) is 22.5 Å². The molecule has 0 bridgehead atoms. The van der Waals surface area contributed by atoms with Gasteiger partial charge in [-0.3, -0.25) is 19.4 Å². The molecular weight excluding hydrogens is 406 g/mol. The van der Waals surface area contributed by atoms with E-state index < -0.39 is 0 Å². The summed E-state index contributed by atoms with van der Waals surface area (Å²) in [6.07, 6.45) is 6.86. The summed E-state index contributed by atoms with van der Waals surface area (Å²) < 4.78 is 7.75. The highest BCUT2D eigenvalue weighted by atomic mass is 16.5. The van der Waals surface area contributed by atoms with Crippen molar-refractivity contribution in [2.45, 2.75) is 33.2 Å². The average Bonchev–Trinajstić information content (AvgIpc) is 3.15. The highest BCUT2D eigenvalue weighted by molar-refractivity contribution is 5.60. The summed E-state index contributed by atoms with van der Waals surface area (Å²) in [6, 6.07) is 7.17. The minimum absolute atomic E-state index is 0.213. The summed E-state index contributed by atoms with van der Waals surface area (Å²) in [7, 11) is 1.86. The molecule has 0 aliphatic carbocycles. The Morgan fingerprint density at radius 3 is 2.56 bits per heavy atom. The third-order valence-electron chi connectivity index (χ3n) is 4.57. The molecule has 0 spiro atoms. The van der Waals surface area contributed by atoms with Gasteiger partial charge in [-0.1, -0.05) is 0 Å². The maximum absolute atomic E-state index is 12.6. The largest absolute Gasteiger partial charge is 0.455 e. The third kappa shape index (κ3) is 4.83. The molecule has 164 valence electrons. The number of nitrogens with zero attached hydrogens (tertiary/aromatic N) is 5. The van der Waals surface area contributed by atoms with Gasteiger partial charge in [0.1, 0.15) is 11.5 Å². The van der Waals surface area contributed by atoms with Crippen LogP contribution in [0.3, 0.4) is 0 Å². The molecule has 9 nitrogen and oxygen atoms in total. The highest BCUT2D eigenvalue weighted by Gasteiger charge is 2.14. The topological polar surface area (TPSA) is 111 Å². The van der Waals surface area contributed by atoms with Crippen LogP contribution in [0.5, 0.6) is 11.5 Å². The number of nitrogens with one attached hydrogen (secondary N) is 2. The Morgan fingerprint density at radius 1 is 1.09 bits per heavy atom. The standard InChI is InChI=1S/C23H25N7O2/c1-14-20(32-16-8-9-24-19(10-16)15-11-26-30(5)13-15)7-6-18(27-14)17-12-25-22(28-21(17)31)29-23(2,3)4/h6-13H,1-5H3,(H2,25,28,29,31). The normalized spacial score (nSPS) is 11.4. The van der Waals surface area contributed by atoms with Crippen molar-refractivity contribution >= 4 is 5.95 Å². The van der Waals surface area contributed by atoms with Crippen molar-refractivity contribution in [2.75, 3.05) is 5.32 Å². The van der Waals surface area contributed by atoms with Crippen molar-refractivity contribution in [1.29, 1.82) is 0 Å². The van der Waals surface area contributed by atoms with E-state index in [2.05, 4.69) is 30.4 Å². The van der Waals surface area contributed by atoms with E-state index in [9.17, 15) is 4.79 Å². The van der Waals surface area contributed by atoms with Crippen LogP contribution in [0.2, 0.25) is 0 Å². The van der Waals surface area contributed by atoms with Gasteiger partial charge >= 0.3 is 0 Å². The first-order valence-electron chi connectivity index (χ1n) is 10.2. The van der Waals surface area contributed by atoms with Gasteiger partial charge in [0.15, 0.2) is 0 Å². The zero-order valence-electron chi connectivity index (χ0n) is 18.7. The van der Waals surface area contributed by atoms with Gasteiger partial charge < -0.3 is 10.1 Å². The maximum atomic E-state index is 12.6. The van der Waals surface area contributed by atoms with Crippen LogP contribution in [0, 0.1) is 6.92 Å². The molecular formula is C23H25N7O2. The third-order valence-corrected chi connectivity index (χ3v) is 4.57. The first-order valence-corrected chi connectivity index (χ1v) is 10.2. The van der Waals surface area contributed by atoms with Crippen LogP contribution in [-0.2, 0) is 7.05 Å². The Kier molecular flexibility index (Phi) is 5.48. The lowest BCUT2D eigenvalue weighted by molar-refractivity contribution is 0.475. The van der Waals surface area contributed by atoms with E-state index in [0.717, 1.165) is 11.3 Å². The van der Waals surface area contributed by atoms with Gasteiger partial charge in [0.2, 0.25) is 5.95 Å². The minimum Gasteiger partial charge on any atom is -0.455 e. The fourth-order valence-electron chi connectivity index (χ4n) is 3.12. The van der Waals surface area contributed by atoms with Crippen molar-refractivity contribution in [1.82, 2.24) is 29.7 Å². The van der Waals surface area contributed by atoms with Crippen LogP contribution in [0.4, 0.5) is 5.95 Å². The van der Waals surface area contributed by atoms with Crippen molar-refractivity contribution in [3.8, 4) is 34.0 Å². The Morgan fingerprint density at radius 2 is 1.91 bits per heavy atom. The average molecular weight is 432 g/mol. The molecule has 0 aliphatic heterocycles. The van der Waals surface area contributed by atoms with Gasteiger partial charge in [0.25, 0.3) is 5.56 Å². The molecule has 0 saturated carbocycles. The predicted octanol–water partition coefficient (Wildman–Crippen LogP) is 3.94. The van der Waals surface area contributed by atoms with Crippen LogP contribution in [-0.4, -0.2) is 35.3 Å². The molecule has 0 amide bonds. The number of aryl methyl sites for hydroxylation is 2. The fraction of sp³-hybridized carbons (Fsp3) is 0.261. The molecule has 0 aliphatic rings. The molecule has 9 heteroatoms. The zero-order valence-corrected chi connectivity index (χ0v) is 18.7. The Bertz CT molecular complexity index is 1320. The predicted molar refractivity (Wildman–Crippen MR) is 123 cm³/mol. The van der Waals surface area contributed by atoms with Crippen molar-refractivity contribution < 1.29 is 4.74 Å².